The van der Waals surface area contributed by atoms with Gasteiger partial charge in [0, 0.05) is 30.2 Å². The highest BCUT2D eigenvalue weighted by Crippen LogP contribution is 2.13. The Morgan fingerprint density at radius 1 is 1.30 bits per heavy atom. The van der Waals surface area contributed by atoms with Gasteiger partial charge in [-0.1, -0.05) is 13.8 Å². The number of nitrogens with zero attached hydrogens (tertiary/aromatic N) is 3. The molecule has 118 valence electrons. The topological polar surface area (TPSA) is 87.8 Å². The van der Waals surface area contributed by atoms with E-state index in [0.29, 0.717) is 12.1 Å². The minimum Gasteiger partial charge on any atom is -0.354 e. The van der Waals surface area contributed by atoms with Gasteiger partial charge in [-0.05, 0) is 30.2 Å². The molecule has 0 bridgehead atoms. The number of aromatic nitrogens is 2. The van der Waals surface area contributed by atoms with Crippen LogP contribution in [0, 0.1) is 23.2 Å². The van der Waals surface area contributed by atoms with Gasteiger partial charge in [0.15, 0.2) is 11.7 Å². The van der Waals surface area contributed by atoms with Crippen LogP contribution in [-0.2, 0) is 4.79 Å². The summed E-state index contributed by atoms with van der Waals surface area (Å²) in [7, 11) is 0. The summed E-state index contributed by atoms with van der Waals surface area (Å²) in [6, 6.07) is 8.50. The average molecular weight is 310 g/mol. The number of imidazole rings is 1. The van der Waals surface area contributed by atoms with Crippen LogP contribution in [0.1, 0.15) is 24.2 Å². The lowest BCUT2D eigenvalue weighted by molar-refractivity contribution is -0.122. The quantitative estimate of drug-likeness (QED) is 0.652. The van der Waals surface area contributed by atoms with Crippen LogP contribution < -0.4 is 5.32 Å². The third kappa shape index (κ3) is 4.04. The molecule has 6 heteroatoms. The van der Waals surface area contributed by atoms with Gasteiger partial charge < -0.3 is 9.88 Å². The first kappa shape index (κ1) is 16.4. The van der Waals surface area contributed by atoms with Gasteiger partial charge in [-0.25, -0.2) is 4.98 Å². The Morgan fingerprint density at radius 2 is 2.00 bits per heavy atom. The second kappa shape index (κ2) is 7.36. The molecule has 1 aromatic carbocycles. The number of ketones is 1. The molecule has 1 heterocycles. The standard InChI is InChI=1S/C17H18N4O2/c1-12(2)10-20-17(23)15(9-18)16(22)13-3-5-14(6-4-13)21-8-7-19-11-21/h3-8,11-12,15H,10H2,1-2H3,(H,20,23)/t15-/m0/s1. The van der Waals surface area contributed by atoms with Crippen LogP contribution >= 0.6 is 0 Å². The fourth-order valence-electron chi connectivity index (χ4n) is 2.02. The number of rotatable bonds is 6. The fraction of sp³-hybridized carbons (Fsp3) is 0.294. The lowest BCUT2D eigenvalue weighted by Gasteiger charge is -2.11. The summed E-state index contributed by atoms with van der Waals surface area (Å²) in [6.07, 6.45) is 5.09. The molecule has 0 radical (unpaired) electrons. The van der Waals surface area contributed by atoms with E-state index in [1.807, 2.05) is 13.8 Å². The molecule has 0 fully saturated rings. The number of hydrogen-bond acceptors (Lipinski definition) is 4. The number of nitrogens with one attached hydrogen (secondary N) is 1. The number of nitriles is 1. The smallest absolute Gasteiger partial charge is 0.245 e. The highest BCUT2D eigenvalue weighted by atomic mass is 16.2. The molecule has 0 spiro atoms. The highest BCUT2D eigenvalue weighted by Gasteiger charge is 2.27. The maximum absolute atomic E-state index is 12.4. The van der Waals surface area contributed by atoms with Crippen molar-refractivity contribution in [3.63, 3.8) is 0 Å². The van der Waals surface area contributed by atoms with Crippen LogP contribution in [0.25, 0.3) is 5.69 Å². The molecule has 1 aromatic heterocycles. The Labute approximate surface area is 134 Å². The van der Waals surface area contributed by atoms with Gasteiger partial charge >= 0.3 is 0 Å². The van der Waals surface area contributed by atoms with Gasteiger partial charge in [-0.15, -0.1) is 0 Å². The molecule has 2 rings (SSSR count). The van der Waals surface area contributed by atoms with E-state index in [1.54, 1.807) is 53.6 Å². The number of amides is 1. The number of carbonyl (C=O) groups excluding carboxylic acids is 2. The molecule has 1 amide bonds. The third-order valence-corrected chi connectivity index (χ3v) is 3.29. The molecule has 2 aromatic rings. The monoisotopic (exact) mass is 310 g/mol. The van der Waals surface area contributed by atoms with Crippen LogP contribution in [0.2, 0.25) is 0 Å². The number of benzene rings is 1. The van der Waals surface area contributed by atoms with Crippen molar-refractivity contribution in [1.82, 2.24) is 14.9 Å². The fourth-order valence-corrected chi connectivity index (χ4v) is 2.02. The average Bonchev–Trinajstić information content (AvgIpc) is 3.08. The summed E-state index contributed by atoms with van der Waals surface area (Å²) >= 11 is 0. The van der Waals surface area contributed by atoms with E-state index in [9.17, 15) is 9.59 Å². The Balaban J connectivity index is 2.12. The van der Waals surface area contributed by atoms with E-state index in [1.165, 1.54) is 0 Å². The molecular formula is C17H18N4O2. The normalized spacial score (nSPS) is 11.7. The Bertz CT molecular complexity index is 712. The molecule has 0 saturated carbocycles. The van der Waals surface area contributed by atoms with Crippen LogP contribution in [0.3, 0.4) is 0 Å². The molecule has 0 aliphatic heterocycles. The van der Waals surface area contributed by atoms with Crippen molar-refractivity contribution in [3.8, 4) is 11.8 Å². The van der Waals surface area contributed by atoms with Gasteiger partial charge in [0.05, 0.1) is 12.4 Å². The molecule has 0 unspecified atom stereocenters. The maximum atomic E-state index is 12.4. The third-order valence-electron chi connectivity index (χ3n) is 3.29. The van der Waals surface area contributed by atoms with E-state index in [-0.39, 0.29) is 5.92 Å². The first-order valence-electron chi connectivity index (χ1n) is 7.33. The zero-order valence-electron chi connectivity index (χ0n) is 13.1. The zero-order chi connectivity index (χ0) is 16.8. The van der Waals surface area contributed by atoms with Gasteiger partial charge in [-0.2, -0.15) is 5.26 Å². The van der Waals surface area contributed by atoms with E-state index in [4.69, 9.17) is 5.26 Å². The molecule has 0 saturated heterocycles. The van der Waals surface area contributed by atoms with Crippen molar-refractivity contribution in [2.45, 2.75) is 13.8 Å². The van der Waals surface area contributed by atoms with Crippen molar-refractivity contribution < 1.29 is 9.59 Å². The molecule has 1 atom stereocenters. The summed E-state index contributed by atoms with van der Waals surface area (Å²) in [5.74, 6) is -2.12. The van der Waals surface area contributed by atoms with Crippen LogP contribution in [-0.4, -0.2) is 27.8 Å². The Hall–Kier alpha value is -2.94. The van der Waals surface area contributed by atoms with Crippen LogP contribution in [0.15, 0.2) is 43.0 Å². The van der Waals surface area contributed by atoms with Gasteiger partial charge in [0.2, 0.25) is 5.91 Å². The summed E-state index contributed by atoms with van der Waals surface area (Å²) in [5.41, 5.74) is 1.18. The number of hydrogen-bond donors (Lipinski definition) is 1. The van der Waals surface area contributed by atoms with Crippen molar-refractivity contribution >= 4 is 11.7 Å². The van der Waals surface area contributed by atoms with Crippen molar-refractivity contribution in [3.05, 3.63) is 48.5 Å². The van der Waals surface area contributed by atoms with Gasteiger partial charge in [0.1, 0.15) is 0 Å². The number of carbonyl (C=O) groups is 2. The molecule has 1 N–H and O–H groups in total. The molecule has 23 heavy (non-hydrogen) atoms. The lowest BCUT2D eigenvalue weighted by atomic mass is 9.97. The lowest BCUT2D eigenvalue weighted by Crippen LogP contribution is -2.36. The summed E-state index contributed by atoms with van der Waals surface area (Å²) < 4.78 is 1.80. The Kier molecular flexibility index (Phi) is 5.26. The van der Waals surface area contributed by atoms with E-state index in [0.717, 1.165) is 5.69 Å². The van der Waals surface area contributed by atoms with Crippen LogP contribution in [0.4, 0.5) is 0 Å². The summed E-state index contributed by atoms with van der Waals surface area (Å²) in [5, 5.41) is 11.8. The SMILES string of the molecule is CC(C)CNC(=O)[C@@H](C#N)C(=O)c1ccc(-n2ccnc2)cc1. The summed E-state index contributed by atoms with van der Waals surface area (Å²) in [6.45, 7) is 4.32. The van der Waals surface area contributed by atoms with E-state index < -0.39 is 17.6 Å². The van der Waals surface area contributed by atoms with Gasteiger partial charge in [0.25, 0.3) is 0 Å². The van der Waals surface area contributed by atoms with Gasteiger partial charge in [-0.3, -0.25) is 9.59 Å². The molecule has 0 aliphatic carbocycles. The Morgan fingerprint density at radius 3 is 2.52 bits per heavy atom. The van der Waals surface area contributed by atoms with E-state index >= 15 is 0 Å². The molecule has 0 aliphatic rings. The predicted molar refractivity (Wildman–Crippen MR) is 84.8 cm³/mol. The second-order valence-corrected chi connectivity index (χ2v) is 5.58. The number of Topliss-reactive ketones (excluding diaryl/α,β-unsaturated/α-hetero) is 1. The minimum absolute atomic E-state index is 0.253. The van der Waals surface area contributed by atoms with Crippen molar-refractivity contribution in [1.29, 1.82) is 5.26 Å². The predicted octanol–water partition coefficient (Wildman–Crippen LogP) is 1.97. The zero-order valence-corrected chi connectivity index (χ0v) is 13.1. The first-order valence-corrected chi connectivity index (χ1v) is 7.33. The van der Waals surface area contributed by atoms with Crippen molar-refractivity contribution in [2.75, 3.05) is 6.54 Å². The molecule has 6 nitrogen and oxygen atoms in total. The van der Waals surface area contributed by atoms with Crippen molar-refractivity contribution in [2.24, 2.45) is 11.8 Å². The second-order valence-electron chi connectivity index (χ2n) is 5.58. The maximum Gasteiger partial charge on any atom is 0.245 e. The van der Waals surface area contributed by atoms with Crippen LogP contribution in [0.5, 0.6) is 0 Å². The largest absolute Gasteiger partial charge is 0.354 e. The minimum atomic E-state index is -1.33. The molecular weight excluding hydrogens is 292 g/mol. The summed E-state index contributed by atoms with van der Waals surface area (Å²) in [4.78, 5) is 28.3. The first-order chi connectivity index (χ1) is 11.0. The highest BCUT2D eigenvalue weighted by molar-refractivity contribution is 6.12. The van der Waals surface area contributed by atoms with E-state index in [2.05, 4.69) is 10.3 Å².